The molecule has 3 N–H and O–H groups in total. The number of Topliss-reactive ketones (excluding diaryl/α,β-unsaturated/α-hetero) is 1. The van der Waals surface area contributed by atoms with E-state index >= 15 is 0 Å². The minimum atomic E-state index is -1.08. The highest BCUT2D eigenvalue weighted by molar-refractivity contribution is 7.21. The SMILES string of the molecule is O=C(NC(CN1CCCN1)C(O)c1ccc(OC2CC2)c(Cl)c1)C(=O)c1cc2ccc(Cl)cc2s1. The van der Waals surface area contributed by atoms with Gasteiger partial charge in [-0.3, -0.25) is 15.0 Å². The Morgan fingerprint density at radius 2 is 2.03 bits per heavy atom. The van der Waals surface area contributed by atoms with E-state index in [4.69, 9.17) is 27.9 Å². The fourth-order valence-electron chi connectivity index (χ4n) is 4.06. The van der Waals surface area contributed by atoms with E-state index in [2.05, 4.69) is 10.7 Å². The Kier molecular flexibility index (Phi) is 7.29. The van der Waals surface area contributed by atoms with Gasteiger partial charge >= 0.3 is 0 Å². The van der Waals surface area contributed by atoms with E-state index in [1.165, 1.54) is 11.3 Å². The molecule has 7 nitrogen and oxygen atoms in total. The van der Waals surface area contributed by atoms with Gasteiger partial charge < -0.3 is 15.2 Å². The van der Waals surface area contributed by atoms with Crippen molar-refractivity contribution >= 4 is 56.3 Å². The first-order valence-electron chi connectivity index (χ1n) is 11.5. The number of ketones is 1. The van der Waals surface area contributed by atoms with Crippen molar-refractivity contribution < 1.29 is 19.4 Å². The summed E-state index contributed by atoms with van der Waals surface area (Å²) in [5.41, 5.74) is 3.76. The third-order valence-corrected chi connectivity index (χ3v) is 7.71. The number of thiophene rings is 1. The summed E-state index contributed by atoms with van der Waals surface area (Å²) in [5.74, 6) is -0.849. The second-order valence-corrected chi connectivity index (χ2v) is 10.8. The third kappa shape index (κ3) is 5.80. The number of hydrogen-bond donors (Lipinski definition) is 3. The van der Waals surface area contributed by atoms with Gasteiger partial charge in [0.15, 0.2) is 0 Å². The Bertz CT molecular complexity index is 1260. The molecule has 1 saturated heterocycles. The molecule has 3 aromatic rings. The molecule has 184 valence electrons. The maximum Gasteiger partial charge on any atom is 0.293 e. The number of carbonyl (C=O) groups is 2. The van der Waals surface area contributed by atoms with Crippen LogP contribution in [-0.4, -0.2) is 53.6 Å². The molecule has 1 aliphatic heterocycles. The molecule has 1 aromatic heterocycles. The predicted molar refractivity (Wildman–Crippen MR) is 137 cm³/mol. The molecule has 2 aromatic carbocycles. The molecule has 2 unspecified atom stereocenters. The van der Waals surface area contributed by atoms with Crippen LogP contribution in [0.5, 0.6) is 5.75 Å². The number of amides is 1. The smallest absolute Gasteiger partial charge is 0.293 e. The first-order chi connectivity index (χ1) is 16.9. The Hall–Kier alpha value is -2.20. The molecule has 1 aliphatic carbocycles. The van der Waals surface area contributed by atoms with E-state index in [1.807, 2.05) is 11.1 Å². The van der Waals surface area contributed by atoms with E-state index in [-0.39, 0.29) is 6.10 Å². The van der Waals surface area contributed by atoms with Crippen LogP contribution in [0.25, 0.3) is 10.1 Å². The van der Waals surface area contributed by atoms with Crippen LogP contribution in [-0.2, 0) is 4.79 Å². The van der Waals surface area contributed by atoms with Crippen molar-refractivity contribution in [1.82, 2.24) is 15.8 Å². The average molecular weight is 534 g/mol. The van der Waals surface area contributed by atoms with Crippen LogP contribution in [0.15, 0.2) is 42.5 Å². The van der Waals surface area contributed by atoms with Crippen LogP contribution >= 0.6 is 34.5 Å². The van der Waals surface area contributed by atoms with E-state index in [1.54, 1.807) is 36.4 Å². The summed E-state index contributed by atoms with van der Waals surface area (Å²) < 4.78 is 6.61. The largest absolute Gasteiger partial charge is 0.489 e. The van der Waals surface area contributed by atoms with Crippen molar-refractivity contribution in [3.8, 4) is 5.75 Å². The number of hydrazine groups is 1. The zero-order chi connectivity index (χ0) is 24.5. The molecule has 0 radical (unpaired) electrons. The Balaban J connectivity index is 1.34. The number of nitrogens with zero attached hydrogens (tertiary/aromatic N) is 1. The van der Waals surface area contributed by atoms with Crippen LogP contribution in [0.2, 0.25) is 10.0 Å². The summed E-state index contributed by atoms with van der Waals surface area (Å²) in [6.45, 7) is 1.91. The van der Waals surface area contributed by atoms with Crippen LogP contribution in [0, 0.1) is 0 Å². The van der Waals surface area contributed by atoms with E-state index in [0.29, 0.717) is 32.8 Å². The van der Waals surface area contributed by atoms with Gasteiger partial charge in [-0.2, -0.15) is 0 Å². The summed E-state index contributed by atoms with van der Waals surface area (Å²) in [7, 11) is 0. The van der Waals surface area contributed by atoms with E-state index in [9.17, 15) is 14.7 Å². The molecule has 10 heteroatoms. The number of rotatable bonds is 9. The van der Waals surface area contributed by atoms with Crippen LogP contribution < -0.4 is 15.5 Å². The highest BCUT2D eigenvalue weighted by atomic mass is 35.5. The van der Waals surface area contributed by atoms with Gasteiger partial charge in [0.1, 0.15) is 11.9 Å². The van der Waals surface area contributed by atoms with Gasteiger partial charge in [-0.25, -0.2) is 5.01 Å². The molecular formula is C25H25Cl2N3O4S. The van der Waals surface area contributed by atoms with Crippen molar-refractivity contribution in [2.24, 2.45) is 0 Å². The fourth-order valence-corrected chi connectivity index (χ4v) is 5.57. The summed E-state index contributed by atoms with van der Waals surface area (Å²) in [5, 5.41) is 17.7. The van der Waals surface area contributed by atoms with Gasteiger partial charge in [-0.15, -0.1) is 11.3 Å². The lowest BCUT2D eigenvalue weighted by Gasteiger charge is -2.28. The van der Waals surface area contributed by atoms with Crippen LogP contribution in [0.4, 0.5) is 0 Å². The van der Waals surface area contributed by atoms with Gasteiger partial charge in [-0.1, -0.05) is 35.3 Å². The number of hydrogen-bond acceptors (Lipinski definition) is 7. The monoisotopic (exact) mass is 533 g/mol. The Labute approximate surface area is 216 Å². The van der Waals surface area contributed by atoms with Gasteiger partial charge in [-0.05, 0) is 60.5 Å². The van der Waals surface area contributed by atoms with Crippen molar-refractivity contribution in [3.63, 3.8) is 0 Å². The lowest BCUT2D eigenvalue weighted by molar-refractivity contribution is -0.118. The number of ether oxygens (including phenoxy) is 1. The minimum Gasteiger partial charge on any atom is -0.489 e. The third-order valence-electron chi connectivity index (χ3n) is 6.08. The molecule has 0 bridgehead atoms. The highest BCUT2D eigenvalue weighted by Gasteiger charge is 2.30. The van der Waals surface area contributed by atoms with Crippen molar-refractivity contribution in [3.05, 3.63) is 63.0 Å². The summed E-state index contributed by atoms with van der Waals surface area (Å²) >= 11 is 13.7. The maximum atomic E-state index is 13.0. The second-order valence-electron chi connectivity index (χ2n) is 8.86. The van der Waals surface area contributed by atoms with Gasteiger partial charge in [0.25, 0.3) is 11.7 Å². The normalized spacial score (nSPS) is 17.9. The summed E-state index contributed by atoms with van der Waals surface area (Å²) in [6, 6.07) is 11.4. The molecule has 2 aliphatic rings. The van der Waals surface area contributed by atoms with Crippen LogP contribution in [0.1, 0.15) is 40.6 Å². The number of nitrogens with one attached hydrogen (secondary N) is 2. The molecule has 0 spiro atoms. The lowest BCUT2D eigenvalue weighted by Crippen LogP contribution is -2.50. The molecule has 2 heterocycles. The average Bonchev–Trinajstić information content (AvgIpc) is 3.32. The number of fused-ring (bicyclic) bond motifs is 1. The fraction of sp³-hybridized carbons (Fsp3) is 0.360. The van der Waals surface area contributed by atoms with Gasteiger partial charge in [0, 0.05) is 29.4 Å². The lowest BCUT2D eigenvalue weighted by atomic mass is 10.0. The summed E-state index contributed by atoms with van der Waals surface area (Å²) in [6.07, 6.45) is 2.10. The Morgan fingerprint density at radius 1 is 1.20 bits per heavy atom. The van der Waals surface area contributed by atoms with Crippen molar-refractivity contribution in [2.75, 3.05) is 19.6 Å². The molecule has 2 fully saturated rings. The predicted octanol–water partition coefficient (Wildman–Crippen LogP) is 4.36. The molecule has 5 rings (SSSR count). The molecular weight excluding hydrogens is 509 g/mol. The van der Waals surface area contributed by atoms with Gasteiger partial charge in [0.2, 0.25) is 0 Å². The minimum absolute atomic E-state index is 0.201. The Morgan fingerprint density at radius 3 is 2.74 bits per heavy atom. The zero-order valence-corrected chi connectivity index (χ0v) is 21.1. The van der Waals surface area contributed by atoms with E-state index < -0.39 is 23.8 Å². The number of carbonyl (C=O) groups excluding carboxylic acids is 2. The number of aliphatic hydroxyl groups excluding tert-OH is 1. The number of aliphatic hydroxyl groups is 1. The molecule has 35 heavy (non-hydrogen) atoms. The number of benzene rings is 2. The maximum absolute atomic E-state index is 13.0. The van der Waals surface area contributed by atoms with Gasteiger partial charge in [0.05, 0.1) is 22.0 Å². The standard InChI is InChI=1S/C25H25Cl2N3O4S/c26-16-4-2-14-11-22(35-21(14)12-16)24(32)25(33)29-19(13-30-9-1-8-28-30)23(31)15-3-7-20(18(27)10-15)34-17-5-6-17/h2-4,7,10-12,17,19,23,28,31H,1,5-6,8-9,13H2,(H,29,33). The van der Waals surface area contributed by atoms with Crippen molar-refractivity contribution in [2.45, 2.75) is 37.5 Å². The zero-order valence-electron chi connectivity index (χ0n) is 18.8. The first kappa shape index (κ1) is 24.5. The summed E-state index contributed by atoms with van der Waals surface area (Å²) in [4.78, 5) is 26.3. The van der Waals surface area contributed by atoms with Crippen molar-refractivity contribution in [1.29, 1.82) is 0 Å². The molecule has 1 saturated carbocycles. The number of halogens is 2. The van der Waals surface area contributed by atoms with Crippen LogP contribution in [0.3, 0.4) is 0 Å². The topological polar surface area (TPSA) is 90.9 Å². The van der Waals surface area contributed by atoms with E-state index in [0.717, 1.165) is 42.4 Å². The molecule has 1 amide bonds. The molecule has 2 atom stereocenters. The second kappa shape index (κ2) is 10.4. The first-order valence-corrected chi connectivity index (χ1v) is 13.1. The quantitative estimate of drug-likeness (QED) is 0.279. The highest BCUT2D eigenvalue weighted by Crippen LogP contribution is 2.34.